The highest BCUT2D eigenvalue weighted by molar-refractivity contribution is 6.32. The predicted molar refractivity (Wildman–Crippen MR) is 100 cm³/mol. The van der Waals surface area contributed by atoms with Crippen LogP contribution < -0.4 is 5.32 Å². The first-order chi connectivity index (χ1) is 12.3. The van der Waals surface area contributed by atoms with Gasteiger partial charge in [-0.05, 0) is 30.9 Å². The van der Waals surface area contributed by atoms with Crippen molar-refractivity contribution in [3.05, 3.63) is 51.8 Å². The Morgan fingerprint density at radius 1 is 1.27 bits per heavy atom. The van der Waals surface area contributed by atoms with E-state index in [1.807, 2.05) is 45.0 Å². The van der Waals surface area contributed by atoms with E-state index in [1.54, 1.807) is 11.6 Å². The Bertz CT molecular complexity index is 799. The third-order valence-corrected chi connectivity index (χ3v) is 4.26. The minimum atomic E-state index is -0.645. The van der Waals surface area contributed by atoms with E-state index in [-0.39, 0.29) is 23.2 Å². The van der Waals surface area contributed by atoms with Crippen molar-refractivity contribution in [2.45, 2.75) is 40.8 Å². The third kappa shape index (κ3) is 5.08. The van der Waals surface area contributed by atoms with Crippen LogP contribution in [0.25, 0.3) is 0 Å². The topological polar surface area (TPSA) is 73.2 Å². The largest absolute Gasteiger partial charge is 0.452 e. The van der Waals surface area contributed by atoms with Gasteiger partial charge in [-0.25, -0.2) is 4.79 Å². The second-order valence-electron chi connectivity index (χ2n) is 6.61. The first-order valence-corrected chi connectivity index (χ1v) is 8.88. The summed E-state index contributed by atoms with van der Waals surface area (Å²) in [5, 5.41) is 7.24. The number of esters is 1. The van der Waals surface area contributed by atoms with E-state index in [0.29, 0.717) is 24.7 Å². The van der Waals surface area contributed by atoms with Crippen LogP contribution >= 0.6 is 11.6 Å². The molecular formula is C19H24ClN3O3. The lowest BCUT2D eigenvalue weighted by Gasteiger charge is -2.09. The fraction of sp³-hybridized carbons (Fsp3) is 0.421. The molecule has 0 spiro atoms. The summed E-state index contributed by atoms with van der Waals surface area (Å²) in [6.07, 6.45) is 0. The van der Waals surface area contributed by atoms with Crippen molar-refractivity contribution in [2.24, 2.45) is 5.92 Å². The Hall–Kier alpha value is -2.34. The average Bonchev–Trinajstić information content (AvgIpc) is 2.85. The molecule has 0 bridgehead atoms. The zero-order valence-corrected chi connectivity index (χ0v) is 16.3. The van der Waals surface area contributed by atoms with Gasteiger partial charge in [-0.2, -0.15) is 5.10 Å². The van der Waals surface area contributed by atoms with E-state index in [1.165, 1.54) is 0 Å². The molecule has 2 aromatic rings. The molecule has 0 aliphatic heterocycles. The molecule has 0 saturated carbocycles. The summed E-state index contributed by atoms with van der Waals surface area (Å²) < 4.78 is 6.68. The lowest BCUT2D eigenvalue weighted by Crippen LogP contribution is -2.28. The average molecular weight is 378 g/mol. The second kappa shape index (κ2) is 8.85. The molecule has 7 heteroatoms. The van der Waals surface area contributed by atoms with Crippen LogP contribution in [0.5, 0.6) is 0 Å². The van der Waals surface area contributed by atoms with E-state index >= 15 is 0 Å². The Balaban J connectivity index is 1.91. The van der Waals surface area contributed by atoms with Crippen LogP contribution in [0.15, 0.2) is 24.3 Å². The predicted octanol–water partition coefficient (Wildman–Crippen LogP) is 3.28. The maximum absolute atomic E-state index is 12.3. The molecule has 26 heavy (non-hydrogen) atoms. The second-order valence-corrected chi connectivity index (χ2v) is 6.96. The van der Waals surface area contributed by atoms with E-state index in [9.17, 15) is 9.59 Å². The molecule has 0 aliphatic rings. The van der Waals surface area contributed by atoms with Gasteiger partial charge in [0.25, 0.3) is 5.91 Å². The highest BCUT2D eigenvalue weighted by atomic mass is 35.5. The van der Waals surface area contributed by atoms with Crippen LogP contribution in [0.2, 0.25) is 5.15 Å². The van der Waals surface area contributed by atoms with E-state index in [0.717, 1.165) is 11.1 Å². The molecular weight excluding hydrogens is 354 g/mol. The third-order valence-electron chi connectivity index (χ3n) is 3.88. The molecule has 1 aromatic carbocycles. The van der Waals surface area contributed by atoms with Gasteiger partial charge >= 0.3 is 5.97 Å². The fourth-order valence-electron chi connectivity index (χ4n) is 2.51. The number of hydrogen-bond acceptors (Lipinski definition) is 4. The molecule has 1 aromatic heterocycles. The Kier molecular flexibility index (Phi) is 6.80. The van der Waals surface area contributed by atoms with Crippen LogP contribution in [0.4, 0.5) is 0 Å². The standard InChI is InChI=1S/C19H24ClN3O3/c1-12(2)10-23-18(20)17(14(4)22-23)19(25)26-11-16(24)21-9-15-8-6-5-7-13(15)3/h5-8,12H,9-11H2,1-4H3,(H,21,24). The quantitative estimate of drug-likeness (QED) is 0.751. The number of aromatic nitrogens is 2. The number of benzene rings is 1. The van der Waals surface area contributed by atoms with Gasteiger partial charge in [0.15, 0.2) is 6.61 Å². The van der Waals surface area contributed by atoms with Crippen molar-refractivity contribution in [1.29, 1.82) is 0 Å². The number of aryl methyl sites for hydroxylation is 2. The van der Waals surface area contributed by atoms with Crippen molar-refractivity contribution in [3.8, 4) is 0 Å². The SMILES string of the molecule is Cc1ccccc1CNC(=O)COC(=O)c1c(C)nn(CC(C)C)c1Cl. The Morgan fingerprint density at radius 3 is 2.62 bits per heavy atom. The maximum Gasteiger partial charge on any atom is 0.343 e. The van der Waals surface area contributed by atoms with Crippen molar-refractivity contribution >= 4 is 23.5 Å². The van der Waals surface area contributed by atoms with Crippen molar-refractivity contribution in [2.75, 3.05) is 6.61 Å². The van der Waals surface area contributed by atoms with Crippen LogP contribution in [0, 0.1) is 19.8 Å². The van der Waals surface area contributed by atoms with Crippen LogP contribution in [-0.4, -0.2) is 28.3 Å². The van der Waals surface area contributed by atoms with Gasteiger partial charge in [0.2, 0.25) is 0 Å². The first kappa shape index (κ1) is 20.0. The number of carbonyl (C=O) groups is 2. The number of carbonyl (C=O) groups excluding carboxylic acids is 2. The molecule has 1 N–H and O–H groups in total. The number of halogens is 1. The van der Waals surface area contributed by atoms with E-state index in [2.05, 4.69) is 10.4 Å². The Labute approximate surface area is 158 Å². The first-order valence-electron chi connectivity index (χ1n) is 8.50. The van der Waals surface area contributed by atoms with Crippen LogP contribution in [0.1, 0.15) is 41.0 Å². The number of amides is 1. The molecule has 1 amide bonds. The number of rotatable bonds is 7. The summed E-state index contributed by atoms with van der Waals surface area (Å²) in [5.41, 5.74) is 2.80. The zero-order valence-electron chi connectivity index (χ0n) is 15.5. The number of nitrogens with one attached hydrogen (secondary N) is 1. The molecule has 6 nitrogen and oxygen atoms in total. The molecule has 0 saturated heterocycles. The summed E-state index contributed by atoms with van der Waals surface area (Å²) in [5.74, 6) is -0.679. The van der Waals surface area contributed by atoms with E-state index in [4.69, 9.17) is 16.3 Å². The smallest absolute Gasteiger partial charge is 0.343 e. The van der Waals surface area contributed by atoms with Gasteiger partial charge < -0.3 is 10.1 Å². The van der Waals surface area contributed by atoms with Gasteiger partial charge in [-0.3, -0.25) is 9.48 Å². The molecule has 0 fully saturated rings. The van der Waals surface area contributed by atoms with Gasteiger partial charge in [0, 0.05) is 13.1 Å². The van der Waals surface area contributed by atoms with Crippen LogP contribution in [0.3, 0.4) is 0 Å². The van der Waals surface area contributed by atoms with Crippen molar-refractivity contribution < 1.29 is 14.3 Å². The number of hydrogen-bond donors (Lipinski definition) is 1. The minimum Gasteiger partial charge on any atom is -0.452 e. The zero-order chi connectivity index (χ0) is 19.3. The summed E-state index contributed by atoms with van der Waals surface area (Å²) >= 11 is 6.24. The lowest BCUT2D eigenvalue weighted by atomic mass is 10.1. The van der Waals surface area contributed by atoms with Gasteiger partial charge in [0.1, 0.15) is 10.7 Å². The molecule has 2 rings (SSSR count). The van der Waals surface area contributed by atoms with Gasteiger partial charge in [-0.15, -0.1) is 0 Å². The summed E-state index contributed by atoms with van der Waals surface area (Å²) in [4.78, 5) is 24.2. The molecule has 0 unspecified atom stereocenters. The number of ether oxygens (including phenoxy) is 1. The molecule has 0 aliphatic carbocycles. The highest BCUT2D eigenvalue weighted by Gasteiger charge is 2.22. The summed E-state index contributed by atoms with van der Waals surface area (Å²) in [6.45, 7) is 8.35. The molecule has 0 atom stereocenters. The molecule has 0 radical (unpaired) electrons. The Morgan fingerprint density at radius 2 is 1.96 bits per heavy atom. The maximum atomic E-state index is 12.3. The van der Waals surface area contributed by atoms with Gasteiger partial charge in [0.05, 0.1) is 5.69 Å². The highest BCUT2D eigenvalue weighted by Crippen LogP contribution is 2.21. The minimum absolute atomic E-state index is 0.207. The molecule has 1 heterocycles. The van der Waals surface area contributed by atoms with E-state index < -0.39 is 5.97 Å². The lowest BCUT2D eigenvalue weighted by molar-refractivity contribution is -0.124. The van der Waals surface area contributed by atoms with Crippen LogP contribution in [-0.2, 0) is 22.6 Å². The van der Waals surface area contributed by atoms with Gasteiger partial charge in [-0.1, -0.05) is 49.7 Å². The molecule has 140 valence electrons. The fourth-order valence-corrected chi connectivity index (χ4v) is 2.83. The summed E-state index contributed by atoms with van der Waals surface area (Å²) in [6, 6.07) is 7.76. The van der Waals surface area contributed by atoms with Crippen molar-refractivity contribution in [3.63, 3.8) is 0 Å². The van der Waals surface area contributed by atoms with Crippen molar-refractivity contribution in [1.82, 2.24) is 15.1 Å². The monoisotopic (exact) mass is 377 g/mol. The number of nitrogens with zero attached hydrogens (tertiary/aromatic N) is 2. The summed E-state index contributed by atoms with van der Waals surface area (Å²) in [7, 11) is 0. The normalized spacial score (nSPS) is 10.8.